The van der Waals surface area contributed by atoms with Crippen molar-refractivity contribution in [3.8, 4) is 5.75 Å². The summed E-state index contributed by atoms with van der Waals surface area (Å²) in [5.74, 6) is 0.741. The Morgan fingerprint density at radius 3 is 2.39 bits per heavy atom. The van der Waals surface area contributed by atoms with Crippen LogP contribution in [-0.2, 0) is 0 Å². The summed E-state index contributed by atoms with van der Waals surface area (Å²) in [5.41, 5.74) is 3.98. The molecule has 0 aliphatic rings. The van der Waals surface area contributed by atoms with Crippen LogP contribution >= 0.6 is 23.7 Å². The number of halogens is 1. The zero-order chi connectivity index (χ0) is 21.8. The summed E-state index contributed by atoms with van der Waals surface area (Å²) in [6.45, 7) is 9.69. The summed E-state index contributed by atoms with van der Waals surface area (Å²) >= 11 is 1.59. The normalized spacial score (nSPS) is 11.1. The molecule has 3 rings (SSSR count). The summed E-state index contributed by atoms with van der Waals surface area (Å²) in [4.78, 5) is 22.2. The van der Waals surface area contributed by atoms with E-state index in [1.54, 1.807) is 11.3 Å². The van der Waals surface area contributed by atoms with E-state index in [0.717, 1.165) is 34.1 Å². The number of rotatable bonds is 8. The van der Waals surface area contributed by atoms with Crippen molar-refractivity contribution in [2.75, 3.05) is 32.1 Å². The van der Waals surface area contributed by atoms with E-state index < -0.39 is 0 Å². The van der Waals surface area contributed by atoms with Crippen LogP contribution in [0.5, 0.6) is 5.75 Å². The highest BCUT2D eigenvalue weighted by Gasteiger charge is 2.22. The van der Waals surface area contributed by atoms with Crippen LogP contribution in [0, 0.1) is 13.8 Å². The van der Waals surface area contributed by atoms with Gasteiger partial charge in [-0.05, 0) is 96.2 Å². The predicted octanol–water partition coefficient (Wildman–Crippen LogP) is 5.72. The third-order valence-corrected chi connectivity index (χ3v) is 5.97. The first kappa shape index (κ1) is 25.1. The maximum atomic E-state index is 13.4. The average molecular weight is 462 g/mol. The van der Waals surface area contributed by atoms with Crippen LogP contribution in [0.2, 0.25) is 0 Å². The van der Waals surface area contributed by atoms with E-state index in [2.05, 4.69) is 30.9 Å². The molecule has 0 saturated heterocycles. The molecule has 0 aliphatic carbocycles. The zero-order valence-electron chi connectivity index (χ0n) is 19.1. The fourth-order valence-corrected chi connectivity index (χ4v) is 4.45. The maximum absolute atomic E-state index is 13.4. The molecule has 1 amide bonds. The second-order valence-corrected chi connectivity index (χ2v) is 9.21. The van der Waals surface area contributed by atoms with E-state index in [1.807, 2.05) is 57.1 Å². The molecule has 7 heteroatoms. The second-order valence-electron chi connectivity index (χ2n) is 8.23. The Labute approximate surface area is 195 Å². The topological polar surface area (TPSA) is 45.7 Å². The maximum Gasteiger partial charge on any atom is 0.260 e. The first-order valence-electron chi connectivity index (χ1n) is 10.4. The highest BCUT2D eigenvalue weighted by molar-refractivity contribution is 7.22. The zero-order valence-corrected chi connectivity index (χ0v) is 20.8. The van der Waals surface area contributed by atoms with Gasteiger partial charge >= 0.3 is 0 Å². The molecule has 0 radical (unpaired) electrons. The Morgan fingerprint density at radius 2 is 1.77 bits per heavy atom. The van der Waals surface area contributed by atoms with Gasteiger partial charge in [0.1, 0.15) is 5.75 Å². The Kier molecular flexibility index (Phi) is 8.86. The number of hydrogen-bond acceptors (Lipinski definition) is 5. The molecular formula is C24H32ClN3O2S. The van der Waals surface area contributed by atoms with Gasteiger partial charge in [0.2, 0.25) is 0 Å². The first-order valence-corrected chi connectivity index (χ1v) is 11.2. The van der Waals surface area contributed by atoms with Gasteiger partial charge in [-0.3, -0.25) is 9.69 Å². The molecule has 0 unspecified atom stereocenters. The minimum atomic E-state index is -0.0294. The van der Waals surface area contributed by atoms with Gasteiger partial charge in [0.25, 0.3) is 5.91 Å². The molecule has 31 heavy (non-hydrogen) atoms. The van der Waals surface area contributed by atoms with Crippen LogP contribution in [0.15, 0.2) is 36.4 Å². The van der Waals surface area contributed by atoms with Crippen molar-refractivity contribution in [1.29, 1.82) is 0 Å². The monoisotopic (exact) mass is 461 g/mol. The summed E-state index contributed by atoms with van der Waals surface area (Å²) in [6, 6.07) is 11.6. The van der Waals surface area contributed by atoms with E-state index in [0.29, 0.717) is 12.1 Å². The molecule has 0 aliphatic heterocycles. The Hall–Kier alpha value is -2.15. The van der Waals surface area contributed by atoms with Gasteiger partial charge in [-0.25, -0.2) is 4.98 Å². The van der Waals surface area contributed by atoms with Crippen LogP contribution < -0.4 is 9.64 Å². The highest BCUT2D eigenvalue weighted by atomic mass is 35.5. The summed E-state index contributed by atoms with van der Waals surface area (Å²) in [7, 11) is 4.09. The van der Waals surface area contributed by atoms with Gasteiger partial charge in [-0.2, -0.15) is 0 Å². The van der Waals surface area contributed by atoms with Crippen LogP contribution in [0.4, 0.5) is 5.13 Å². The van der Waals surface area contributed by atoms with Gasteiger partial charge in [0, 0.05) is 12.1 Å². The Morgan fingerprint density at radius 1 is 1.10 bits per heavy atom. The number of nitrogens with zero attached hydrogens (tertiary/aromatic N) is 3. The fourth-order valence-electron chi connectivity index (χ4n) is 3.41. The van der Waals surface area contributed by atoms with Gasteiger partial charge < -0.3 is 9.64 Å². The van der Waals surface area contributed by atoms with Crippen molar-refractivity contribution in [3.05, 3.63) is 53.1 Å². The highest BCUT2D eigenvalue weighted by Crippen LogP contribution is 2.33. The van der Waals surface area contributed by atoms with Crippen molar-refractivity contribution in [2.24, 2.45) is 0 Å². The number of hydrogen-bond donors (Lipinski definition) is 0. The molecule has 0 N–H and O–H groups in total. The quantitative estimate of drug-likeness (QED) is 0.430. The lowest BCUT2D eigenvalue weighted by Crippen LogP contribution is -2.33. The summed E-state index contributed by atoms with van der Waals surface area (Å²) in [6.07, 6.45) is 0.977. The molecular weight excluding hydrogens is 430 g/mol. The molecule has 0 spiro atoms. The lowest BCUT2D eigenvalue weighted by Gasteiger charge is -2.21. The average Bonchev–Trinajstić information content (AvgIpc) is 3.08. The predicted molar refractivity (Wildman–Crippen MR) is 133 cm³/mol. The minimum Gasteiger partial charge on any atom is -0.491 e. The molecule has 1 aromatic heterocycles. The van der Waals surface area contributed by atoms with Gasteiger partial charge in [-0.15, -0.1) is 12.4 Å². The molecule has 3 aromatic rings. The van der Waals surface area contributed by atoms with Crippen molar-refractivity contribution in [3.63, 3.8) is 0 Å². The standard InChI is InChI=1S/C24H31N3O2S.ClH/c1-16(2)29-20-10-8-19(9-11-20)23(28)27(13-7-12-26(5)6)24-25-21-15-17(3)14-18(4)22(21)30-24;/h8-11,14-16H,7,12-13H2,1-6H3;1H. The number of carbonyl (C=O) groups excluding carboxylic acids is 1. The van der Waals surface area contributed by atoms with Gasteiger partial charge in [0.05, 0.1) is 16.3 Å². The largest absolute Gasteiger partial charge is 0.491 e. The van der Waals surface area contributed by atoms with Gasteiger partial charge in [-0.1, -0.05) is 17.4 Å². The lowest BCUT2D eigenvalue weighted by atomic mass is 10.1. The lowest BCUT2D eigenvalue weighted by molar-refractivity contribution is 0.0986. The van der Waals surface area contributed by atoms with E-state index in [1.165, 1.54) is 11.1 Å². The van der Waals surface area contributed by atoms with Crippen molar-refractivity contribution in [2.45, 2.75) is 40.2 Å². The van der Waals surface area contributed by atoms with Crippen molar-refractivity contribution >= 4 is 45.0 Å². The van der Waals surface area contributed by atoms with Crippen molar-refractivity contribution < 1.29 is 9.53 Å². The van der Waals surface area contributed by atoms with E-state index in [4.69, 9.17) is 9.72 Å². The molecule has 0 fully saturated rings. The number of ether oxygens (including phenoxy) is 1. The number of aromatic nitrogens is 1. The van der Waals surface area contributed by atoms with Crippen molar-refractivity contribution in [1.82, 2.24) is 9.88 Å². The van der Waals surface area contributed by atoms with Crippen LogP contribution in [0.3, 0.4) is 0 Å². The Bertz CT molecular complexity index is 1020. The van der Waals surface area contributed by atoms with Crippen LogP contribution in [0.1, 0.15) is 41.8 Å². The number of benzene rings is 2. The molecule has 168 valence electrons. The van der Waals surface area contributed by atoms with Gasteiger partial charge in [0.15, 0.2) is 5.13 Å². The molecule has 0 saturated carbocycles. The SMILES string of the molecule is Cc1cc(C)c2sc(N(CCCN(C)C)C(=O)c3ccc(OC(C)C)cc3)nc2c1.Cl. The van der Waals surface area contributed by atoms with E-state index in [9.17, 15) is 4.79 Å². The third-order valence-electron chi connectivity index (χ3n) is 4.74. The van der Waals surface area contributed by atoms with Crippen LogP contribution in [0.25, 0.3) is 10.2 Å². The number of fused-ring (bicyclic) bond motifs is 1. The molecule has 5 nitrogen and oxygen atoms in total. The summed E-state index contributed by atoms with van der Waals surface area (Å²) < 4.78 is 6.85. The second kappa shape index (κ2) is 10.9. The fraction of sp³-hybridized carbons (Fsp3) is 0.417. The van der Waals surface area contributed by atoms with E-state index in [-0.39, 0.29) is 24.4 Å². The molecule has 0 atom stereocenters. The minimum absolute atomic E-state index is 0. The number of anilines is 1. The number of amides is 1. The molecule has 0 bridgehead atoms. The molecule has 1 heterocycles. The molecule has 2 aromatic carbocycles. The number of carbonyl (C=O) groups is 1. The number of aryl methyl sites for hydroxylation is 2. The summed E-state index contributed by atoms with van der Waals surface area (Å²) in [5, 5.41) is 0.755. The van der Waals surface area contributed by atoms with Crippen LogP contribution in [-0.4, -0.2) is 49.1 Å². The Balaban J connectivity index is 0.00000341. The number of thiazole rings is 1. The van der Waals surface area contributed by atoms with E-state index >= 15 is 0 Å². The third kappa shape index (κ3) is 6.42. The first-order chi connectivity index (χ1) is 14.2. The smallest absolute Gasteiger partial charge is 0.260 e.